The molecule has 0 spiro atoms. The second kappa shape index (κ2) is 6.69. The number of ether oxygens (including phenoxy) is 1. The Morgan fingerprint density at radius 1 is 1.30 bits per heavy atom. The number of allylic oxidation sites excluding steroid dienone is 2. The molecule has 0 saturated heterocycles. The summed E-state index contributed by atoms with van der Waals surface area (Å²) >= 11 is 0. The highest BCUT2D eigenvalue weighted by Gasteiger charge is 2.65. The van der Waals surface area contributed by atoms with E-state index in [9.17, 15) is 4.79 Å². The summed E-state index contributed by atoms with van der Waals surface area (Å²) in [6.45, 7) is 3.72. The SMILES string of the molecule is C#C[C@]1(OC(C)=O)CC[C@H]2[C@H]3CCC4=C/C(=N/O)CC[C@H]4[C@@H]3CC[C@@]21CC. The largest absolute Gasteiger partial charge is 0.445 e. The fourth-order valence-electron chi connectivity index (χ4n) is 7.45. The van der Waals surface area contributed by atoms with Gasteiger partial charge in [-0.1, -0.05) is 23.6 Å². The van der Waals surface area contributed by atoms with Crippen LogP contribution in [0.4, 0.5) is 0 Å². The van der Waals surface area contributed by atoms with Crippen molar-refractivity contribution in [1.29, 1.82) is 0 Å². The van der Waals surface area contributed by atoms with Gasteiger partial charge in [0.15, 0.2) is 5.60 Å². The smallest absolute Gasteiger partial charge is 0.304 e. The molecule has 0 aliphatic heterocycles. The first-order valence-corrected chi connectivity index (χ1v) is 10.6. The van der Waals surface area contributed by atoms with Gasteiger partial charge < -0.3 is 9.94 Å². The molecule has 0 bridgehead atoms. The summed E-state index contributed by atoms with van der Waals surface area (Å²) in [7, 11) is 0. The van der Waals surface area contributed by atoms with Gasteiger partial charge in [-0.05, 0) is 87.5 Å². The molecule has 0 radical (unpaired) electrons. The van der Waals surface area contributed by atoms with Crippen molar-refractivity contribution < 1.29 is 14.7 Å². The van der Waals surface area contributed by atoms with E-state index < -0.39 is 5.60 Å². The van der Waals surface area contributed by atoms with Crippen LogP contribution in [0.25, 0.3) is 0 Å². The van der Waals surface area contributed by atoms with Crippen LogP contribution in [0.2, 0.25) is 0 Å². The molecular weight excluding hydrogens is 338 g/mol. The van der Waals surface area contributed by atoms with Crippen LogP contribution in [0, 0.1) is 41.4 Å². The lowest BCUT2D eigenvalue weighted by Crippen LogP contribution is -2.55. The van der Waals surface area contributed by atoms with E-state index in [0.29, 0.717) is 23.7 Å². The summed E-state index contributed by atoms with van der Waals surface area (Å²) in [6.07, 6.45) is 17.5. The number of hydrogen-bond acceptors (Lipinski definition) is 4. The third kappa shape index (κ3) is 2.57. The first-order chi connectivity index (χ1) is 13.0. The molecule has 0 unspecified atom stereocenters. The van der Waals surface area contributed by atoms with Crippen LogP contribution < -0.4 is 0 Å². The van der Waals surface area contributed by atoms with E-state index >= 15 is 0 Å². The molecule has 4 rings (SSSR count). The fourth-order valence-corrected chi connectivity index (χ4v) is 7.45. The Balaban J connectivity index is 1.66. The lowest BCUT2D eigenvalue weighted by molar-refractivity contribution is -0.170. The third-order valence-corrected chi connectivity index (χ3v) is 8.45. The molecule has 4 nitrogen and oxygen atoms in total. The van der Waals surface area contributed by atoms with Crippen molar-refractivity contribution in [3.8, 4) is 12.3 Å². The summed E-state index contributed by atoms with van der Waals surface area (Å²) in [4.78, 5) is 11.9. The van der Waals surface area contributed by atoms with E-state index in [1.165, 1.54) is 18.9 Å². The van der Waals surface area contributed by atoms with Gasteiger partial charge in [0, 0.05) is 12.3 Å². The van der Waals surface area contributed by atoms with Crippen molar-refractivity contribution in [2.24, 2.45) is 34.2 Å². The van der Waals surface area contributed by atoms with E-state index in [0.717, 1.165) is 57.1 Å². The zero-order valence-corrected chi connectivity index (χ0v) is 16.5. The average Bonchev–Trinajstić information content (AvgIpc) is 3.01. The summed E-state index contributed by atoms with van der Waals surface area (Å²) in [5.74, 6) is 5.25. The summed E-state index contributed by atoms with van der Waals surface area (Å²) in [5.41, 5.74) is 1.53. The quantitative estimate of drug-likeness (QED) is 0.332. The highest BCUT2D eigenvalue weighted by molar-refractivity contribution is 5.96. The van der Waals surface area contributed by atoms with Crippen molar-refractivity contribution in [2.45, 2.75) is 77.2 Å². The van der Waals surface area contributed by atoms with E-state index in [1.807, 2.05) is 0 Å². The minimum Gasteiger partial charge on any atom is -0.445 e. The maximum Gasteiger partial charge on any atom is 0.304 e. The molecule has 0 aromatic rings. The topological polar surface area (TPSA) is 58.9 Å². The van der Waals surface area contributed by atoms with Crippen molar-refractivity contribution >= 4 is 11.7 Å². The normalized spacial score (nSPS) is 44.5. The number of hydrogen-bond donors (Lipinski definition) is 1. The molecule has 0 heterocycles. The first-order valence-electron chi connectivity index (χ1n) is 10.6. The van der Waals surface area contributed by atoms with Gasteiger partial charge in [-0.15, -0.1) is 6.42 Å². The first kappa shape index (κ1) is 18.6. The fraction of sp³-hybridized carbons (Fsp3) is 0.739. The Morgan fingerprint density at radius 2 is 2.11 bits per heavy atom. The van der Waals surface area contributed by atoms with Crippen LogP contribution in [-0.4, -0.2) is 22.5 Å². The molecule has 1 N–H and O–H groups in total. The van der Waals surface area contributed by atoms with E-state index in [2.05, 4.69) is 24.1 Å². The molecule has 4 aliphatic carbocycles. The van der Waals surface area contributed by atoms with E-state index in [1.54, 1.807) is 0 Å². The van der Waals surface area contributed by atoms with Crippen molar-refractivity contribution in [3.05, 3.63) is 11.6 Å². The van der Waals surface area contributed by atoms with Crippen LogP contribution >= 0.6 is 0 Å². The molecule has 146 valence electrons. The molecule has 0 amide bonds. The summed E-state index contributed by atoms with van der Waals surface area (Å²) in [6, 6.07) is 0. The Morgan fingerprint density at radius 3 is 2.78 bits per heavy atom. The third-order valence-electron chi connectivity index (χ3n) is 8.45. The zero-order valence-electron chi connectivity index (χ0n) is 16.5. The van der Waals surface area contributed by atoms with Gasteiger partial charge in [0.25, 0.3) is 0 Å². The monoisotopic (exact) mass is 369 g/mol. The summed E-state index contributed by atoms with van der Waals surface area (Å²) < 4.78 is 5.90. The Bertz CT molecular complexity index is 732. The number of esters is 1. The number of rotatable bonds is 2. The highest BCUT2D eigenvalue weighted by atomic mass is 16.6. The van der Waals surface area contributed by atoms with Crippen LogP contribution in [0.15, 0.2) is 16.8 Å². The molecule has 0 aromatic carbocycles. The maximum atomic E-state index is 11.9. The second-order valence-electron chi connectivity index (χ2n) is 9.08. The molecular formula is C23H31NO3. The van der Waals surface area contributed by atoms with Gasteiger partial charge >= 0.3 is 5.97 Å². The number of terminal acetylenes is 1. The molecule has 4 aliphatic rings. The molecule has 0 aromatic heterocycles. The second-order valence-corrected chi connectivity index (χ2v) is 9.08. The van der Waals surface area contributed by atoms with Gasteiger partial charge in [-0.25, -0.2) is 0 Å². The Labute approximate surface area is 162 Å². The average molecular weight is 370 g/mol. The number of fused-ring (bicyclic) bond motifs is 5. The van der Waals surface area contributed by atoms with Crippen molar-refractivity contribution in [2.75, 3.05) is 0 Å². The van der Waals surface area contributed by atoms with Gasteiger partial charge in [-0.3, -0.25) is 4.79 Å². The Kier molecular flexibility index (Phi) is 4.61. The van der Waals surface area contributed by atoms with Crippen LogP contribution in [0.3, 0.4) is 0 Å². The van der Waals surface area contributed by atoms with Gasteiger partial charge in [0.05, 0.1) is 5.71 Å². The molecule has 3 saturated carbocycles. The number of carbonyl (C=O) groups is 1. The molecule has 3 fully saturated rings. The van der Waals surface area contributed by atoms with Crippen LogP contribution in [0.1, 0.15) is 71.6 Å². The predicted octanol–water partition coefficient (Wildman–Crippen LogP) is 4.71. The van der Waals surface area contributed by atoms with Gasteiger partial charge in [0.1, 0.15) is 0 Å². The predicted molar refractivity (Wildman–Crippen MR) is 104 cm³/mol. The minimum atomic E-state index is -0.720. The lowest BCUT2D eigenvalue weighted by atomic mass is 9.49. The summed E-state index contributed by atoms with van der Waals surface area (Å²) in [5, 5.41) is 12.6. The number of nitrogens with zero attached hydrogens (tertiary/aromatic N) is 1. The molecule has 4 heteroatoms. The van der Waals surface area contributed by atoms with Crippen molar-refractivity contribution in [1.82, 2.24) is 0 Å². The highest BCUT2D eigenvalue weighted by Crippen LogP contribution is 2.67. The van der Waals surface area contributed by atoms with Crippen LogP contribution in [-0.2, 0) is 9.53 Å². The molecule has 27 heavy (non-hydrogen) atoms. The standard InChI is InChI=1S/C23H31NO3/c1-4-22-12-10-19-18-9-7-17(24-26)14-16(18)6-8-20(19)21(22)11-13-23(22,5-2)27-15(3)25/h2,14,18-21,26H,4,6-13H2,1,3H3/b24-17+/t18-,19+,20+,21+,22+,23+/m1/s1. The van der Waals surface area contributed by atoms with Crippen LogP contribution in [0.5, 0.6) is 0 Å². The maximum absolute atomic E-state index is 11.9. The Hall–Kier alpha value is -1.76. The zero-order chi connectivity index (χ0) is 19.2. The number of carbonyl (C=O) groups excluding carboxylic acids is 1. The van der Waals surface area contributed by atoms with Gasteiger partial charge in [0.2, 0.25) is 0 Å². The number of oxime groups is 1. The minimum absolute atomic E-state index is 0.0673. The van der Waals surface area contributed by atoms with Crippen molar-refractivity contribution in [3.63, 3.8) is 0 Å². The lowest BCUT2D eigenvalue weighted by Gasteiger charge is -2.56. The van der Waals surface area contributed by atoms with E-state index in [-0.39, 0.29) is 11.4 Å². The van der Waals surface area contributed by atoms with E-state index in [4.69, 9.17) is 16.4 Å². The molecule has 6 atom stereocenters. The van der Waals surface area contributed by atoms with Gasteiger partial charge in [-0.2, -0.15) is 0 Å².